The first kappa shape index (κ1) is 21.5. The molecular formula is C23H34N2O4. The fourth-order valence-electron chi connectivity index (χ4n) is 4.12. The number of unbranched alkanes of at least 4 members (excludes halogenated alkanes) is 1. The van der Waals surface area contributed by atoms with Crippen molar-refractivity contribution in [1.29, 1.82) is 0 Å². The predicted molar refractivity (Wildman–Crippen MR) is 112 cm³/mol. The summed E-state index contributed by atoms with van der Waals surface area (Å²) in [5, 5.41) is 0. The molecule has 1 fully saturated rings. The third-order valence-electron chi connectivity index (χ3n) is 5.83. The number of ether oxygens (including phenoxy) is 2. The fourth-order valence-corrected chi connectivity index (χ4v) is 4.12. The van der Waals surface area contributed by atoms with Gasteiger partial charge in [0, 0.05) is 44.6 Å². The van der Waals surface area contributed by atoms with Crippen LogP contribution in [0.3, 0.4) is 0 Å². The molecule has 0 saturated carbocycles. The van der Waals surface area contributed by atoms with E-state index in [1.54, 1.807) is 0 Å². The zero-order valence-electron chi connectivity index (χ0n) is 18.2. The van der Waals surface area contributed by atoms with Crippen molar-refractivity contribution in [3.8, 4) is 11.5 Å². The van der Waals surface area contributed by atoms with Crippen molar-refractivity contribution in [3.05, 3.63) is 23.8 Å². The van der Waals surface area contributed by atoms with Gasteiger partial charge in [0.15, 0.2) is 18.1 Å². The van der Waals surface area contributed by atoms with Crippen LogP contribution in [0.15, 0.2) is 18.2 Å². The fraction of sp³-hybridized carbons (Fsp3) is 0.652. The van der Waals surface area contributed by atoms with Gasteiger partial charge in [-0.05, 0) is 39.2 Å². The summed E-state index contributed by atoms with van der Waals surface area (Å²) in [5.41, 5.74) is 0.872. The minimum atomic E-state index is -0.246. The Labute approximate surface area is 174 Å². The number of likely N-dealkylation sites (tertiary alicyclic amines) is 1. The molecule has 1 aromatic carbocycles. The van der Waals surface area contributed by atoms with Crippen LogP contribution in [0.5, 0.6) is 11.5 Å². The molecule has 2 heterocycles. The predicted octanol–water partition coefficient (Wildman–Crippen LogP) is 3.28. The summed E-state index contributed by atoms with van der Waals surface area (Å²) in [6.07, 6.45) is 4.39. The number of amides is 2. The molecule has 0 unspecified atom stereocenters. The Bertz CT molecular complexity index is 738. The number of hydrogen-bond acceptors (Lipinski definition) is 4. The molecule has 6 heteroatoms. The van der Waals surface area contributed by atoms with E-state index in [1.165, 1.54) is 0 Å². The van der Waals surface area contributed by atoms with Crippen molar-refractivity contribution < 1.29 is 19.1 Å². The van der Waals surface area contributed by atoms with Gasteiger partial charge in [-0.3, -0.25) is 9.59 Å². The Morgan fingerprint density at radius 1 is 1.28 bits per heavy atom. The van der Waals surface area contributed by atoms with Crippen LogP contribution in [0.25, 0.3) is 0 Å². The summed E-state index contributed by atoms with van der Waals surface area (Å²) in [6, 6.07) is 5.83. The topological polar surface area (TPSA) is 59.1 Å². The molecule has 1 saturated heterocycles. The van der Waals surface area contributed by atoms with E-state index in [1.807, 2.05) is 48.9 Å². The second-order valence-electron chi connectivity index (χ2n) is 8.84. The van der Waals surface area contributed by atoms with Crippen LogP contribution in [-0.4, -0.2) is 60.5 Å². The van der Waals surface area contributed by atoms with E-state index in [0.717, 1.165) is 50.0 Å². The van der Waals surface area contributed by atoms with Crippen molar-refractivity contribution in [1.82, 2.24) is 9.80 Å². The lowest BCUT2D eigenvalue weighted by molar-refractivity contribution is -0.140. The molecule has 0 atom stereocenters. The van der Waals surface area contributed by atoms with Crippen LogP contribution < -0.4 is 9.47 Å². The van der Waals surface area contributed by atoms with Gasteiger partial charge in [0.1, 0.15) is 5.60 Å². The highest BCUT2D eigenvalue weighted by Crippen LogP contribution is 2.41. The number of rotatable bonds is 7. The number of para-hydroxylation sites is 1. The molecule has 2 aliphatic rings. The van der Waals surface area contributed by atoms with Gasteiger partial charge in [-0.2, -0.15) is 0 Å². The number of carbonyl (C=O) groups is 2. The van der Waals surface area contributed by atoms with Crippen molar-refractivity contribution >= 4 is 11.8 Å². The second-order valence-corrected chi connectivity index (χ2v) is 8.84. The van der Waals surface area contributed by atoms with Crippen LogP contribution in [0, 0.1) is 5.92 Å². The number of carbonyl (C=O) groups excluding carboxylic acids is 2. The second kappa shape index (κ2) is 9.06. The molecule has 29 heavy (non-hydrogen) atoms. The Hall–Kier alpha value is -2.24. The minimum Gasteiger partial charge on any atom is -0.483 e. The lowest BCUT2D eigenvalue weighted by atomic mass is 9.95. The van der Waals surface area contributed by atoms with Gasteiger partial charge in [-0.1, -0.05) is 25.5 Å². The molecular weight excluding hydrogens is 368 g/mol. The standard InChI is InChI=1S/C23H34N2O4/c1-5-6-12-24(4)22(27)17-10-13-25(14-11-17)20(26)16-28-19-9-7-8-18-15-23(2,3)29-21(18)19/h7-9,17H,5-6,10-16H2,1-4H3. The van der Waals surface area contributed by atoms with Crippen LogP contribution in [-0.2, 0) is 16.0 Å². The summed E-state index contributed by atoms with van der Waals surface area (Å²) < 4.78 is 11.8. The van der Waals surface area contributed by atoms with E-state index in [0.29, 0.717) is 18.8 Å². The highest BCUT2D eigenvalue weighted by atomic mass is 16.5. The molecule has 0 radical (unpaired) electrons. The molecule has 0 aromatic heterocycles. The Kier molecular flexibility index (Phi) is 6.70. The first-order valence-corrected chi connectivity index (χ1v) is 10.8. The largest absolute Gasteiger partial charge is 0.483 e. The van der Waals surface area contributed by atoms with Crippen LogP contribution in [0.2, 0.25) is 0 Å². The monoisotopic (exact) mass is 402 g/mol. The SMILES string of the molecule is CCCCN(C)C(=O)C1CCN(C(=O)COc2cccc3c2OC(C)(C)C3)CC1. The summed E-state index contributed by atoms with van der Waals surface area (Å²) in [5.74, 6) is 1.58. The quantitative estimate of drug-likeness (QED) is 0.702. The summed E-state index contributed by atoms with van der Waals surface area (Å²) in [7, 11) is 1.88. The highest BCUT2D eigenvalue weighted by Gasteiger charge is 2.33. The van der Waals surface area contributed by atoms with Gasteiger partial charge in [0.2, 0.25) is 5.91 Å². The van der Waals surface area contributed by atoms with Crippen molar-refractivity contribution in [2.45, 2.75) is 58.5 Å². The van der Waals surface area contributed by atoms with E-state index < -0.39 is 0 Å². The van der Waals surface area contributed by atoms with Crippen molar-refractivity contribution in [2.75, 3.05) is 33.3 Å². The average Bonchev–Trinajstić information content (AvgIpc) is 3.04. The smallest absolute Gasteiger partial charge is 0.260 e. The highest BCUT2D eigenvalue weighted by molar-refractivity contribution is 5.80. The summed E-state index contributed by atoms with van der Waals surface area (Å²) in [4.78, 5) is 28.8. The molecule has 0 aliphatic carbocycles. The number of piperidine rings is 1. The number of fused-ring (bicyclic) bond motifs is 1. The number of hydrogen-bond donors (Lipinski definition) is 0. The molecule has 3 rings (SSSR count). The Morgan fingerprint density at radius 3 is 2.69 bits per heavy atom. The zero-order chi connectivity index (χ0) is 21.0. The van der Waals surface area contributed by atoms with Crippen molar-refractivity contribution in [3.63, 3.8) is 0 Å². The maximum Gasteiger partial charge on any atom is 0.260 e. The van der Waals surface area contributed by atoms with Crippen LogP contribution in [0.1, 0.15) is 52.0 Å². The van der Waals surface area contributed by atoms with Gasteiger partial charge in [-0.15, -0.1) is 0 Å². The van der Waals surface area contributed by atoms with Crippen LogP contribution in [0.4, 0.5) is 0 Å². The maximum absolute atomic E-state index is 12.6. The van der Waals surface area contributed by atoms with Gasteiger partial charge in [-0.25, -0.2) is 0 Å². The normalized spacial score (nSPS) is 18.1. The molecule has 0 N–H and O–H groups in total. The molecule has 2 amide bonds. The molecule has 0 bridgehead atoms. The maximum atomic E-state index is 12.6. The molecule has 160 valence electrons. The van der Waals surface area contributed by atoms with E-state index >= 15 is 0 Å². The van der Waals surface area contributed by atoms with E-state index in [4.69, 9.17) is 9.47 Å². The van der Waals surface area contributed by atoms with E-state index in [2.05, 4.69) is 6.92 Å². The lowest BCUT2D eigenvalue weighted by Crippen LogP contribution is -2.45. The van der Waals surface area contributed by atoms with Gasteiger partial charge < -0.3 is 19.3 Å². The first-order chi connectivity index (χ1) is 13.8. The van der Waals surface area contributed by atoms with Crippen LogP contribution >= 0.6 is 0 Å². The first-order valence-electron chi connectivity index (χ1n) is 10.8. The third kappa shape index (κ3) is 5.22. The summed E-state index contributed by atoms with van der Waals surface area (Å²) >= 11 is 0. The lowest BCUT2D eigenvalue weighted by Gasteiger charge is -2.33. The number of nitrogens with zero attached hydrogens (tertiary/aromatic N) is 2. The van der Waals surface area contributed by atoms with Gasteiger partial charge in [0.05, 0.1) is 0 Å². The summed E-state index contributed by atoms with van der Waals surface area (Å²) in [6.45, 7) is 8.24. The van der Waals surface area contributed by atoms with E-state index in [-0.39, 0.29) is 29.9 Å². The van der Waals surface area contributed by atoms with Gasteiger partial charge >= 0.3 is 0 Å². The molecule has 0 spiro atoms. The molecule has 1 aromatic rings. The van der Waals surface area contributed by atoms with E-state index in [9.17, 15) is 9.59 Å². The third-order valence-corrected chi connectivity index (χ3v) is 5.83. The Balaban J connectivity index is 1.48. The molecule has 6 nitrogen and oxygen atoms in total. The Morgan fingerprint density at radius 2 is 2.00 bits per heavy atom. The minimum absolute atomic E-state index is 0.00470. The van der Waals surface area contributed by atoms with Crippen molar-refractivity contribution in [2.24, 2.45) is 5.92 Å². The van der Waals surface area contributed by atoms with Gasteiger partial charge in [0.25, 0.3) is 5.91 Å². The number of benzene rings is 1. The average molecular weight is 403 g/mol. The molecule has 2 aliphatic heterocycles. The zero-order valence-corrected chi connectivity index (χ0v) is 18.2.